The van der Waals surface area contributed by atoms with E-state index >= 15 is 0 Å². The highest BCUT2D eigenvalue weighted by Crippen LogP contribution is 2.33. The van der Waals surface area contributed by atoms with Crippen LogP contribution in [-0.4, -0.2) is 12.6 Å². The van der Waals surface area contributed by atoms with E-state index < -0.39 is 0 Å². The van der Waals surface area contributed by atoms with E-state index in [-0.39, 0.29) is 0 Å². The van der Waals surface area contributed by atoms with Gasteiger partial charge in [-0.05, 0) is 18.2 Å². The van der Waals surface area contributed by atoms with Crippen LogP contribution in [0.25, 0.3) is 0 Å². The lowest BCUT2D eigenvalue weighted by atomic mass is 9.99. The average molecular weight is 206 g/mol. The first-order valence-corrected chi connectivity index (χ1v) is 5.45. The molecule has 0 fully saturated rings. The predicted octanol–water partition coefficient (Wildman–Crippen LogP) is 2.09. The molecule has 0 amide bonds. The summed E-state index contributed by atoms with van der Waals surface area (Å²) in [5.41, 5.74) is 7.78. The predicted molar refractivity (Wildman–Crippen MR) is 62.0 cm³/mol. The Balaban J connectivity index is 2.28. The van der Waals surface area contributed by atoms with Crippen LogP contribution < -0.4 is 15.8 Å². The zero-order valence-electron chi connectivity index (χ0n) is 9.29. The Morgan fingerprint density at radius 2 is 2.27 bits per heavy atom. The van der Waals surface area contributed by atoms with E-state index in [9.17, 15) is 0 Å². The van der Waals surface area contributed by atoms with Gasteiger partial charge in [0.05, 0.1) is 6.61 Å². The van der Waals surface area contributed by atoms with Crippen molar-refractivity contribution in [2.24, 2.45) is 0 Å². The average Bonchev–Trinajstić information content (AvgIpc) is 2.18. The highest BCUT2D eigenvalue weighted by atomic mass is 16.5. The maximum atomic E-state index is 5.79. The third kappa shape index (κ3) is 2.23. The fourth-order valence-corrected chi connectivity index (χ4v) is 1.99. The smallest absolute Gasteiger partial charge is 0.124 e. The molecule has 0 bridgehead atoms. The third-order valence-corrected chi connectivity index (χ3v) is 2.61. The first kappa shape index (κ1) is 10.3. The molecule has 1 aliphatic heterocycles. The summed E-state index contributed by atoms with van der Waals surface area (Å²) in [6.07, 6.45) is 1.01. The van der Waals surface area contributed by atoms with Crippen LogP contribution >= 0.6 is 0 Å². The van der Waals surface area contributed by atoms with Gasteiger partial charge < -0.3 is 15.8 Å². The van der Waals surface area contributed by atoms with Crippen molar-refractivity contribution < 1.29 is 4.74 Å². The van der Waals surface area contributed by atoms with Gasteiger partial charge in [0.15, 0.2) is 0 Å². The maximum Gasteiger partial charge on any atom is 0.124 e. The normalized spacial score (nSPS) is 19.8. The van der Waals surface area contributed by atoms with E-state index in [2.05, 4.69) is 19.2 Å². The lowest BCUT2D eigenvalue weighted by Gasteiger charge is -2.28. The largest absolute Gasteiger partial charge is 0.493 e. The Bertz CT molecular complexity index is 349. The van der Waals surface area contributed by atoms with E-state index in [1.165, 1.54) is 5.56 Å². The van der Waals surface area contributed by atoms with Crippen LogP contribution in [0.1, 0.15) is 31.9 Å². The minimum atomic E-state index is 0.372. The molecule has 0 spiro atoms. The molecule has 82 valence electrons. The Kier molecular flexibility index (Phi) is 2.82. The highest BCUT2D eigenvalue weighted by molar-refractivity contribution is 5.49. The number of hydrogen-bond donors (Lipinski definition) is 2. The van der Waals surface area contributed by atoms with Gasteiger partial charge in [-0.3, -0.25) is 0 Å². The van der Waals surface area contributed by atoms with Crippen molar-refractivity contribution in [3.63, 3.8) is 0 Å². The van der Waals surface area contributed by atoms with Gasteiger partial charge in [-0.15, -0.1) is 0 Å². The molecule has 2 rings (SSSR count). The van der Waals surface area contributed by atoms with Crippen LogP contribution in [-0.2, 0) is 0 Å². The van der Waals surface area contributed by atoms with Gasteiger partial charge in [0.1, 0.15) is 5.75 Å². The van der Waals surface area contributed by atoms with Crippen molar-refractivity contribution in [2.75, 3.05) is 12.3 Å². The summed E-state index contributed by atoms with van der Waals surface area (Å²) in [6.45, 7) is 5.09. The molecule has 1 aromatic carbocycles. The summed E-state index contributed by atoms with van der Waals surface area (Å²) in [4.78, 5) is 0. The van der Waals surface area contributed by atoms with Crippen LogP contribution in [0.2, 0.25) is 0 Å². The van der Waals surface area contributed by atoms with Gasteiger partial charge in [-0.2, -0.15) is 0 Å². The quantitative estimate of drug-likeness (QED) is 0.728. The number of nitrogens with one attached hydrogen (secondary N) is 1. The summed E-state index contributed by atoms with van der Waals surface area (Å²) in [6, 6.07) is 6.70. The summed E-state index contributed by atoms with van der Waals surface area (Å²) in [5.74, 6) is 0.966. The second-order valence-corrected chi connectivity index (χ2v) is 4.31. The first-order chi connectivity index (χ1) is 7.16. The van der Waals surface area contributed by atoms with Crippen molar-refractivity contribution in [1.29, 1.82) is 0 Å². The van der Waals surface area contributed by atoms with E-state index in [0.29, 0.717) is 12.1 Å². The molecular formula is C12H18N2O. The number of fused-ring (bicyclic) bond motifs is 1. The standard InChI is InChI=1S/C12H18N2O/c1-8(2)14-11-5-6-15-12-4-3-9(13)7-10(11)12/h3-4,7-8,11,14H,5-6,13H2,1-2H3. The molecule has 0 saturated heterocycles. The highest BCUT2D eigenvalue weighted by Gasteiger charge is 2.21. The molecule has 0 aliphatic carbocycles. The minimum Gasteiger partial charge on any atom is -0.493 e. The number of rotatable bonds is 2. The summed E-state index contributed by atoms with van der Waals surface area (Å²) >= 11 is 0. The molecule has 3 N–H and O–H groups in total. The molecule has 0 saturated carbocycles. The fraction of sp³-hybridized carbons (Fsp3) is 0.500. The molecule has 1 unspecified atom stereocenters. The van der Waals surface area contributed by atoms with E-state index in [4.69, 9.17) is 10.5 Å². The lowest BCUT2D eigenvalue weighted by Crippen LogP contribution is -2.32. The van der Waals surface area contributed by atoms with E-state index in [1.807, 2.05) is 18.2 Å². The lowest BCUT2D eigenvalue weighted by molar-refractivity contribution is 0.247. The second-order valence-electron chi connectivity index (χ2n) is 4.31. The van der Waals surface area contributed by atoms with Gasteiger partial charge in [-0.1, -0.05) is 13.8 Å². The Morgan fingerprint density at radius 1 is 1.47 bits per heavy atom. The Morgan fingerprint density at radius 3 is 3.00 bits per heavy atom. The van der Waals surface area contributed by atoms with Gasteiger partial charge in [0, 0.05) is 29.8 Å². The number of nitrogens with two attached hydrogens (primary N) is 1. The van der Waals surface area contributed by atoms with Crippen LogP contribution in [0.4, 0.5) is 5.69 Å². The van der Waals surface area contributed by atoms with Crippen molar-refractivity contribution in [1.82, 2.24) is 5.32 Å². The molecule has 3 heteroatoms. The zero-order valence-corrected chi connectivity index (χ0v) is 9.29. The summed E-state index contributed by atoms with van der Waals surface area (Å²) < 4.78 is 5.59. The van der Waals surface area contributed by atoms with Gasteiger partial charge in [-0.25, -0.2) is 0 Å². The number of nitrogen functional groups attached to an aromatic ring is 1. The molecule has 1 heterocycles. The van der Waals surface area contributed by atoms with Gasteiger partial charge in [0.25, 0.3) is 0 Å². The second kappa shape index (κ2) is 4.11. The fourth-order valence-electron chi connectivity index (χ4n) is 1.99. The van der Waals surface area contributed by atoms with Crippen molar-refractivity contribution in [3.8, 4) is 5.75 Å². The van der Waals surface area contributed by atoms with Crippen molar-refractivity contribution in [3.05, 3.63) is 23.8 Å². The van der Waals surface area contributed by atoms with Crippen molar-refractivity contribution >= 4 is 5.69 Å². The topological polar surface area (TPSA) is 47.3 Å². The number of ether oxygens (including phenoxy) is 1. The maximum absolute atomic E-state index is 5.79. The first-order valence-electron chi connectivity index (χ1n) is 5.45. The number of benzene rings is 1. The van der Waals surface area contributed by atoms with E-state index in [1.54, 1.807) is 0 Å². The third-order valence-electron chi connectivity index (χ3n) is 2.61. The van der Waals surface area contributed by atoms with Gasteiger partial charge >= 0.3 is 0 Å². The molecule has 15 heavy (non-hydrogen) atoms. The van der Waals surface area contributed by atoms with Gasteiger partial charge in [0.2, 0.25) is 0 Å². The summed E-state index contributed by atoms with van der Waals surface area (Å²) in [7, 11) is 0. The molecule has 0 aromatic heterocycles. The van der Waals surface area contributed by atoms with Crippen molar-refractivity contribution in [2.45, 2.75) is 32.4 Å². The van der Waals surface area contributed by atoms with Crippen LogP contribution in [0.3, 0.4) is 0 Å². The molecule has 1 atom stereocenters. The molecular weight excluding hydrogens is 188 g/mol. The molecule has 0 radical (unpaired) electrons. The number of hydrogen-bond acceptors (Lipinski definition) is 3. The molecule has 3 nitrogen and oxygen atoms in total. The minimum absolute atomic E-state index is 0.372. The van der Waals surface area contributed by atoms with Crippen LogP contribution in [0.5, 0.6) is 5.75 Å². The SMILES string of the molecule is CC(C)NC1CCOc2ccc(N)cc21. The Hall–Kier alpha value is -1.22. The molecule has 1 aliphatic rings. The molecule has 1 aromatic rings. The Labute approximate surface area is 90.6 Å². The zero-order chi connectivity index (χ0) is 10.8. The van der Waals surface area contributed by atoms with E-state index in [0.717, 1.165) is 24.5 Å². The number of anilines is 1. The van der Waals surface area contributed by atoms with Crippen LogP contribution in [0, 0.1) is 0 Å². The monoisotopic (exact) mass is 206 g/mol. The summed E-state index contributed by atoms with van der Waals surface area (Å²) in [5, 5.41) is 3.53. The van der Waals surface area contributed by atoms with Crippen LogP contribution in [0.15, 0.2) is 18.2 Å².